The van der Waals surface area contributed by atoms with Gasteiger partial charge in [0.25, 0.3) is 0 Å². The fourth-order valence-electron chi connectivity index (χ4n) is 1.33. The largest absolute Gasteiger partial charge is 0.352 e. The normalized spacial score (nSPS) is 9.71. The number of benzene rings is 1. The summed E-state index contributed by atoms with van der Waals surface area (Å²) in [5.41, 5.74) is 1.96. The quantitative estimate of drug-likeness (QED) is 0.880. The van der Waals surface area contributed by atoms with Gasteiger partial charge in [0.05, 0.1) is 11.4 Å². The molecule has 84 valence electrons. The van der Waals surface area contributed by atoms with Gasteiger partial charge >= 0.3 is 0 Å². The molecular weight excluding hydrogens is 346 g/mol. The molecule has 0 saturated heterocycles. The van der Waals surface area contributed by atoms with Gasteiger partial charge in [-0.25, -0.2) is 4.98 Å². The lowest BCUT2D eigenvalue weighted by atomic mass is 10.2. The van der Waals surface area contributed by atoms with E-state index in [1.807, 2.05) is 30.3 Å². The maximum Gasteiger partial charge on any atom is 0.163 e. The van der Waals surface area contributed by atoms with Gasteiger partial charge in [-0.1, -0.05) is 15.9 Å². The smallest absolute Gasteiger partial charge is 0.163 e. The molecule has 1 aromatic carbocycles. The Hall–Kier alpha value is -1.38. The molecule has 3 nitrogen and oxygen atoms in total. The van der Waals surface area contributed by atoms with E-state index in [-0.39, 0.29) is 0 Å². The van der Waals surface area contributed by atoms with E-state index in [0.29, 0.717) is 11.4 Å². The molecule has 2 aromatic rings. The summed E-state index contributed by atoms with van der Waals surface area (Å²) in [6.45, 7) is 0. The van der Waals surface area contributed by atoms with Gasteiger partial charge in [0, 0.05) is 15.1 Å². The van der Waals surface area contributed by atoms with Gasteiger partial charge in [-0.15, -0.1) is 0 Å². The van der Waals surface area contributed by atoms with Gasteiger partial charge in [0.1, 0.15) is 6.07 Å². The van der Waals surface area contributed by atoms with Crippen molar-refractivity contribution < 1.29 is 0 Å². The number of nitrogens with zero attached hydrogens (tertiary/aromatic N) is 2. The third kappa shape index (κ3) is 2.84. The Labute approximate surface area is 116 Å². The summed E-state index contributed by atoms with van der Waals surface area (Å²) >= 11 is 6.84. The van der Waals surface area contributed by atoms with Crippen molar-refractivity contribution in [2.75, 3.05) is 5.32 Å². The summed E-state index contributed by atoms with van der Waals surface area (Å²) in [5.74, 6) is 0. The van der Waals surface area contributed by atoms with Crippen molar-refractivity contribution in [1.82, 2.24) is 4.98 Å². The van der Waals surface area contributed by atoms with Crippen LogP contribution in [0.1, 0.15) is 5.69 Å². The maximum absolute atomic E-state index is 8.94. The average molecular weight is 353 g/mol. The first-order valence-corrected chi connectivity index (χ1v) is 6.36. The van der Waals surface area contributed by atoms with Crippen LogP contribution in [0.15, 0.2) is 45.5 Å². The molecule has 1 aromatic heterocycles. The Morgan fingerprint density at radius 2 is 2.00 bits per heavy atom. The molecule has 2 rings (SSSR count). The zero-order chi connectivity index (χ0) is 12.3. The van der Waals surface area contributed by atoms with E-state index in [0.717, 1.165) is 14.6 Å². The lowest BCUT2D eigenvalue weighted by Gasteiger charge is -2.09. The Kier molecular flexibility index (Phi) is 3.77. The van der Waals surface area contributed by atoms with Crippen molar-refractivity contribution in [3.8, 4) is 6.07 Å². The molecule has 1 N–H and O–H groups in total. The van der Waals surface area contributed by atoms with Crippen molar-refractivity contribution in [2.45, 2.75) is 0 Å². The third-order valence-electron chi connectivity index (χ3n) is 2.11. The number of nitriles is 1. The van der Waals surface area contributed by atoms with E-state index in [4.69, 9.17) is 5.26 Å². The van der Waals surface area contributed by atoms with Crippen LogP contribution in [0, 0.1) is 11.3 Å². The highest BCUT2D eigenvalue weighted by Gasteiger charge is 2.05. The van der Waals surface area contributed by atoms with E-state index < -0.39 is 0 Å². The standard InChI is InChI=1S/C12H7Br2N3/c13-8-3-4-10(9(14)6-8)17-11-2-1-5-16-12(11)7-15/h1-6,17H. The first kappa shape index (κ1) is 12.1. The number of aromatic nitrogens is 1. The van der Waals surface area contributed by atoms with Gasteiger partial charge < -0.3 is 5.32 Å². The number of hydrogen-bond donors (Lipinski definition) is 1. The summed E-state index contributed by atoms with van der Waals surface area (Å²) in [4.78, 5) is 3.99. The van der Waals surface area contributed by atoms with Gasteiger partial charge in [0.15, 0.2) is 5.69 Å². The average Bonchev–Trinajstić information content (AvgIpc) is 2.33. The monoisotopic (exact) mass is 351 g/mol. The molecule has 0 amide bonds. The molecule has 0 bridgehead atoms. The van der Waals surface area contributed by atoms with Crippen LogP contribution in [0.5, 0.6) is 0 Å². The fourth-order valence-corrected chi connectivity index (χ4v) is 2.48. The highest BCUT2D eigenvalue weighted by atomic mass is 79.9. The van der Waals surface area contributed by atoms with Crippen molar-refractivity contribution >= 4 is 43.2 Å². The van der Waals surface area contributed by atoms with Crippen LogP contribution in [0.4, 0.5) is 11.4 Å². The lowest BCUT2D eigenvalue weighted by Crippen LogP contribution is -1.96. The van der Waals surface area contributed by atoms with Gasteiger partial charge in [-0.3, -0.25) is 0 Å². The maximum atomic E-state index is 8.94. The molecule has 1 heterocycles. The number of pyridine rings is 1. The van der Waals surface area contributed by atoms with Crippen molar-refractivity contribution in [2.24, 2.45) is 0 Å². The van der Waals surface area contributed by atoms with Crippen LogP contribution >= 0.6 is 31.9 Å². The molecule has 0 spiro atoms. The summed E-state index contributed by atoms with van der Waals surface area (Å²) < 4.78 is 1.90. The molecule has 0 fully saturated rings. The minimum absolute atomic E-state index is 0.377. The number of rotatable bonds is 2. The number of nitrogens with one attached hydrogen (secondary N) is 1. The van der Waals surface area contributed by atoms with E-state index in [1.54, 1.807) is 12.3 Å². The second kappa shape index (κ2) is 5.30. The van der Waals surface area contributed by atoms with E-state index in [1.165, 1.54) is 0 Å². The highest BCUT2D eigenvalue weighted by molar-refractivity contribution is 9.11. The van der Waals surface area contributed by atoms with E-state index in [2.05, 4.69) is 42.2 Å². The summed E-state index contributed by atoms with van der Waals surface area (Å²) in [5, 5.41) is 12.1. The number of halogens is 2. The number of hydrogen-bond acceptors (Lipinski definition) is 3. The second-order valence-electron chi connectivity index (χ2n) is 3.26. The minimum Gasteiger partial charge on any atom is -0.352 e. The predicted octanol–water partition coefficient (Wildman–Crippen LogP) is 4.22. The fraction of sp³-hybridized carbons (Fsp3) is 0. The molecule has 0 unspecified atom stereocenters. The number of anilines is 2. The Morgan fingerprint density at radius 3 is 2.71 bits per heavy atom. The Balaban J connectivity index is 2.35. The topological polar surface area (TPSA) is 48.7 Å². The first-order chi connectivity index (χ1) is 8.20. The Morgan fingerprint density at radius 1 is 1.18 bits per heavy atom. The second-order valence-corrected chi connectivity index (χ2v) is 5.03. The molecular formula is C12H7Br2N3. The zero-order valence-electron chi connectivity index (χ0n) is 8.61. The molecule has 0 aliphatic carbocycles. The SMILES string of the molecule is N#Cc1ncccc1Nc1ccc(Br)cc1Br. The molecule has 0 radical (unpaired) electrons. The van der Waals surface area contributed by atoms with Crippen LogP contribution in [0.25, 0.3) is 0 Å². The van der Waals surface area contributed by atoms with Gasteiger partial charge in [-0.05, 0) is 46.3 Å². The van der Waals surface area contributed by atoms with E-state index >= 15 is 0 Å². The molecule has 0 aliphatic heterocycles. The van der Waals surface area contributed by atoms with Crippen LogP contribution in [0.2, 0.25) is 0 Å². The van der Waals surface area contributed by atoms with Gasteiger partial charge in [-0.2, -0.15) is 5.26 Å². The first-order valence-electron chi connectivity index (χ1n) is 4.78. The van der Waals surface area contributed by atoms with Crippen LogP contribution in [-0.4, -0.2) is 4.98 Å². The van der Waals surface area contributed by atoms with Gasteiger partial charge in [0.2, 0.25) is 0 Å². The van der Waals surface area contributed by atoms with Crippen LogP contribution < -0.4 is 5.32 Å². The highest BCUT2D eigenvalue weighted by Crippen LogP contribution is 2.29. The summed E-state index contributed by atoms with van der Waals surface area (Å²) in [6, 6.07) is 11.4. The molecule has 17 heavy (non-hydrogen) atoms. The van der Waals surface area contributed by atoms with Crippen molar-refractivity contribution in [1.29, 1.82) is 5.26 Å². The minimum atomic E-state index is 0.377. The zero-order valence-corrected chi connectivity index (χ0v) is 11.8. The van der Waals surface area contributed by atoms with Crippen molar-refractivity contribution in [3.63, 3.8) is 0 Å². The van der Waals surface area contributed by atoms with E-state index in [9.17, 15) is 0 Å². The van der Waals surface area contributed by atoms with Crippen LogP contribution in [0.3, 0.4) is 0 Å². The Bertz CT molecular complexity index is 591. The molecule has 0 atom stereocenters. The third-order valence-corrected chi connectivity index (χ3v) is 3.26. The molecule has 0 aliphatic rings. The molecule has 5 heteroatoms. The summed E-state index contributed by atoms with van der Waals surface area (Å²) in [7, 11) is 0. The van der Waals surface area contributed by atoms with Crippen LogP contribution in [-0.2, 0) is 0 Å². The lowest BCUT2D eigenvalue weighted by molar-refractivity contribution is 1.26. The molecule has 0 saturated carbocycles. The predicted molar refractivity (Wildman–Crippen MR) is 74.1 cm³/mol. The summed E-state index contributed by atoms with van der Waals surface area (Å²) in [6.07, 6.45) is 1.60. The van der Waals surface area contributed by atoms with Crippen molar-refractivity contribution in [3.05, 3.63) is 51.2 Å².